The molecule has 1 aromatic rings. The summed E-state index contributed by atoms with van der Waals surface area (Å²) in [5.74, 6) is 0.380. The molecule has 0 amide bonds. The van der Waals surface area contributed by atoms with Gasteiger partial charge in [0.25, 0.3) is 0 Å². The van der Waals surface area contributed by atoms with Gasteiger partial charge in [-0.15, -0.1) is 11.3 Å². The van der Waals surface area contributed by atoms with Crippen molar-refractivity contribution in [2.45, 2.75) is 51.0 Å². The topological polar surface area (TPSA) is 66.4 Å². The number of rotatable bonds is 9. The molecule has 0 bridgehead atoms. The molecule has 1 heterocycles. The first-order valence-corrected chi connectivity index (χ1v) is 9.08. The van der Waals surface area contributed by atoms with Crippen LogP contribution >= 0.6 is 11.3 Å². The highest BCUT2D eigenvalue weighted by Crippen LogP contribution is 2.22. The van der Waals surface area contributed by atoms with Crippen molar-refractivity contribution in [3.8, 4) is 0 Å². The van der Waals surface area contributed by atoms with Crippen LogP contribution in [0.2, 0.25) is 0 Å². The number of hydrogen-bond acceptors (Lipinski definition) is 4. The number of sulfonamides is 1. The Morgan fingerprint density at radius 2 is 2.16 bits per heavy atom. The van der Waals surface area contributed by atoms with Gasteiger partial charge in [-0.2, -0.15) is 0 Å². The van der Waals surface area contributed by atoms with Gasteiger partial charge in [0.15, 0.2) is 0 Å². The number of unbranched alkanes of at least 4 members (excludes halogenated alkanes) is 1. The summed E-state index contributed by atoms with van der Waals surface area (Å²) < 4.78 is 27.0. The van der Waals surface area contributed by atoms with Crippen LogP contribution in [0.5, 0.6) is 0 Å². The Morgan fingerprint density at radius 3 is 2.74 bits per heavy atom. The van der Waals surface area contributed by atoms with Crippen LogP contribution in [0.25, 0.3) is 0 Å². The van der Waals surface area contributed by atoms with E-state index in [2.05, 4.69) is 18.6 Å². The first-order valence-electron chi connectivity index (χ1n) is 6.72. The van der Waals surface area contributed by atoms with Crippen LogP contribution in [-0.4, -0.2) is 20.1 Å². The van der Waals surface area contributed by atoms with E-state index in [1.807, 2.05) is 0 Å². The van der Waals surface area contributed by atoms with E-state index < -0.39 is 10.0 Å². The van der Waals surface area contributed by atoms with Gasteiger partial charge in [-0.25, -0.2) is 13.1 Å². The number of thiophene rings is 1. The molecule has 0 aliphatic rings. The van der Waals surface area contributed by atoms with Crippen molar-refractivity contribution < 1.29 is 13.5 Å². The van der Waals surface area contributed by atoms with Gasteiger partial charge in [-0.3, -0.25) is 0 Å². The first-order chi connectivity index (χ1) is 9.05. The molecule has 0 saturated heterocycles. The molecule has 1 unspecified atom stereocenters. The van der Waals surface area contributed by atoms with E-state index in [0.29, 0.717) is 17.3 Å². The lowest BCUT2D eigenvalue weighted by Crippen LogP contribution is -2.29. The number of nitrogens with one attached hydrogen (secondary N) is 1. The summed E-state index contributed by atoms with van der Waals surface area (Å²) in [4.78, 5) is 0.708. The lowest BCUT2D eigenvalue weighted by atomic mass is 10.00. The SMILES string of the molecule is CCCCC(CC)CNS(=O)(=O)c1ccsc1CO. The molecule has 2 N–H and O–H groups in total. The molecule has 19 heavy (non-hydrogen) atoms. The van der Waals surface area contributed by atoms with Crippen molar-refractivity contribution in [1.82, 2.24) is 4.72 Å². The predicted octanol–water partition coefficient (Wildman–Crippen LogP) is 2.74. The van der Waals surface area contributed by atoms with Crippen LogP contribution in [0.1, 0.15) is 44.4 Å². The second kappa shape index (κ2) is 7.99. The first kappa shape index (κ1) is 16.6. The summed E-state index contributed by atoms with van der Waals surface area (Å²) >= 11 is 1.26. The average Bonchev–Trinajstić information content (AvgIpc) is 2.88. The Hall–Kier alpha value is -0.430. The van der Waals surface area contributed by atoms with Crippen molar-refractivity contribution in [3.63, 3.8) is 0 Å². The van der Waals surface area contributed by atoms with E-state index in [-0.39, 0.29) is 11.5 Å². The Balaban J connectivity index is 2.64. The van der Waals surface area contributed by atoms with Crippen LogP contribution in [0, 0.1) is 5.92 Å². The van der Waals surface area contributed by atoms with Crippen molar-refractivity contribution >= 4 is 21.4 Å². The summed E-state index contributed by atoms with van der Waals surface area (Å²) in [6.07, 6.45) is 4.27. The van der Waals surface area contributed by atoms with Crippen molar-refractivity contribution in [3.05, 3.63) is 16.3 Å². The van der Waals surface area contributed by atoms with Crippen molar-refractivity contribution in [2.75, 3.05) is 6.54 Å². The molecular weight excluding hydrogens is 282 g/mol. The maximum absolute atomic E-state index is 12.2. The normalized spacial score (nSPS) is 13.6. The van der Waals surface area contributed by atoms with Crippen LogP contribution in [-0.2, 0) is 16.6 Å². The molecule has 1 rings (SSSR count). The Bertz CT molecular complexity index is 468. The van der Waals surface area contributed by atoms with Gasteiger partial charge in [0, 0.05) is 11.4 Å². The lowest BCUT2D eigenvalue weighted by molar-refractivity contribution is 0.282. The molecule has 0 aromatic carbocycles. The molecular formula is C13H23NO3S2. The quantitative estimate of drug-likeness (QED) is 0.737. The van der Waals surface area contributed by atoms with E-state index in [1.165, 1.54) is 11.3 Å². The largest absolute Gasteiger partial charge is 0.391 e. The fourth-order valence-corrected chi connectivity index (χ4v) is 4.34. The van der Waals surface area contributed by atoms with Crippen LogP contribution in [0.3, 0.4) is 0 Å². The minimum absolute atomic E-state index is 0.213. The van der Waals surface area contributed by atoms with Gasteiger partial charge in [0.2, 0.25) is 10.0 Å². The molecule has 4 nitrogen and oxygen atoms in total. The summed E-state index contributed by atoms with van der Waals surface area (Å²) in [6, 6.07) is 1.55. The van der Waals surface area contributed by atoms with Crippen LogP contribution in [0.15, 0.2) is 16.3 Å². The van der Waals surface area contributed by atoms with Crippen LogP contribution in [0.4, 0.5) is 0 Å². The highest BCUT2D eigenvalue weighted by atomic mass is 32.2. The van der Waals surface area contributed by atoms with Gasteiger partial charge >= 0.3 is 0 Å². The number of aliphatic hydroxyl groups excluding tert-OH is 1. The third-order valence-electron chi connectivity index (χ3n) is 3.24. The minimum Gasteiger partial charge on any atom is -0.391 e. The summed E-state index contributed by atoms with van der Waals surface area (Å²) in [7, 11) is -3.49. The molecule has 6 heteroatoms. The monoisotopic (exact) mass is 305 g/mol. The van der Waals surface area contributed by atoms with Gasteiger partial charge in [-0.05, 0) is 23.8 Å². The van der Waals surface area contributed by atoms with Crippen LogP contribution < -0.4 is 4.72 Å². The molecule has 0 saturated carbocycles. The maximum atomic E-state index is 12.2. The standard InChI is InChI=1S/C13H23NO3S2/c1-3-5-6-11(4-2)9-14-19(16,17)13-7-8-18-12(13)10-15/h7-8,11,14-15H,3-6,9-10H2,1-2H3. The molecule has 1 aromatic heterocycles. The Kier molecular flexibility index (Phi) is 6.99. The smallest absolute Gasteiger partial charge is 0.241 e. The average molecular weight is 305 g/mol. The van der Waals surface area contributed by atoms with E-state index in [9.17, 15) is 8.42 Å². The highest BCUT2D eigenvalue weighted by molar-refractivity contribution is 7.89. The predicted molar refractivity (Wildman–Crippen MR) is 78.7 cm³/mol. The van der Waals surface area contributed by atoms with Crippen molar-refractivity contribution in [1.29, 1.82) is 0 Å². The van der Waals surface area contributed by atoms with E-state index in [4.69, 9.17) is 5.11 Å². The van der Waals surface area contributed by atoms with Gasteiger partial charge in [0.05, 0.1) is 11.5 Å². The number of aliphatic hydroxyl groups is 1. The van der Waals surface area contributed by atoms with Gasteiger partial charge in [-0.1, -0.05) is 33.1 Å². The molecule has 0 spiro atoms. The Morgan fingerprint density at radius 1 is 1.42 bits per heavy atom. The second-order valence-electron chi connectivity index (χ2n) is 4.63. The Labute approximate surface area is 119 Å². The summed E-state index contributed by atoms with van der Waals surface area (Å²) in [6.45, 7) is 4.45. The lowest BCUT2D eigenvalue weighted by Gasteiger charge is -2.15. The minimum atomic E-state index is -3.49. The van der Waals surface area contributed by atoms with E-state index in [1.54, 1.807) is 11.4 Å². The van der Waals surface area contributed by atoms with Crippen molar-refractivity contribution in [2.24, 2.45) is 5.92 Å². The maximum Gasteiger partial charge on any atom is 0.241 e. The molecule has 0 radical (unpaired) electrons. The second-order valence-corrected chi connectivity index (χ2v) is 7.37. The zero-order valence-corrected chi connectivity index (χ0v) is 13.2. The molecule has 110 valence electrons. The number of hydrogen-bond donors (Lipinski definition) is 2. The summed E-state index contributed by atoms with van der Waals surface area (Å²) in [5.41, 5.74) is 0. The molecule has 0 fully saturated rings. The third kappa shape index (κ3) is 4.87. The van der Waals surface area contributed by atoms with E-state index in [0.717, 1.165) is 25.7 Å². The highest BCUT2D eigenvalue weighted by Gasteiger charge is 2.20. The fourth-order valence-electron chi connectivity index (χ4n) is 1.93. The van der Waals surface area contributed by atoms with E-state index >= 15 is 0 Å². The molecule has 0 aliphatic carbocycles. The fraction of sp³-hybridized carbons (Fsp3) is 0.692. The third-order valence-corrected chi connectivity index (χ3v) is 5.79. The van der Waals surface area contributed by atoms with Gasteiger partial charge in [0.1, 0.15) is 0 Å². The molecule has 0 aliphatic heterocycles. The zero-order valence-electron chi connectivity index (χ0n) is 11.6. The molecule has 1 atom stereocenters. The zero-order chi connectivity index (χ0) is 14.3. The van der Waals surface area contributed by atoms with Gasteiger partial charge < -0.3 is 5.11 Å². The summed E-state index contributed by atoms with van der Waals surface area (Å²) in [5, 5.41) is 10.8.